The number of benzene rings is 1. The van der Waals surface area contributed by atoms with E-state index in [4.69, 9.17) is 0 Å². The lowest BCUT2D eigenvalue weighted by Crippen LogP contribution is -2.51. The molecule has 1 aromatic carbocycles. The van der Waals surface area contributed by atoms with Gasteiger partial charge in [-0.05, 0) is 57.5 Å². The largest absolute Gasteiger partial charge is 0.373 e. The fourth-order valence-electron chi connectivity index (χ4n) is 4.34. The summed E-state index contributed by atoms with van der Waals surface area (Å²) >= 11 is 0. The number of hydrogen-bond acceptors (Lipinski definition) is 5. The van der Waals surface area contributed by atoms with Crippen LogP contribution in [-0.4, -0.2) is 55.9 Å². The summed E-state index contributed by atoms with van der Waals surface area (Å²) in [5.41, 5.74) is 2.36. The topological polar surface area (TPSA) is 68.4 Å². The van der Waals surface area contributed by atoms with Gasteiger partial charge in [0.2, 0.25) is 5.91 Å². The Morgan fingerprint density at radius 2 is 2.08 bits per heavy atom. The first kappa shape index (κ1) is 17.7. The maximum absolute atomic E-state index is 14.0. The fraction of sp³-hybridized carbons (Fsp3) is 0.632. The first-order valence-electron chi connectivity index (χ1n) is 9.54. The molecule has 1 aromatic rings. The highest BCUT2D eigenvalue weighted by atomic mass is 19.1. The number of amides is 1. The zero-order valence-corrected chi connectivity index (χ0v) is 15.4. The van der Waals surface area contributed by atoms with E-state index >= 15 is 0 Å². The average molecular weight is 361 g/mol. The highest BCUT2D eigenvalue weighted by molar-refractivity contribution is 5.88. The van der Waals surface area contributed by atoms with Crippen molar-refractivity contribution < 1.29 is 9.18 Å². The van der Waals surface area contributed by atoms with Crippen molar-refractivity contribution in [2.45, 2.75) is 44.6 Å². The third-order valence-electron chi connectivity index (χ3n) is 5.98. The van der Waals surface area contributed by atoms with E-state index in [2.05, 4.69) is 33.2 Å². The van der Waals surface area contributed by atoms with E-state index < -0.39 is 6.04 Å². The number of fused-ring (bicyclic) bond motifs is 1. The van der Waals surface area contributed by atoms with Crippen LogP contribution in [0.4, 0.5) is 10.1 Å². The van der Waals surface area contributed by atoms with Crippen LogP contribution in [0.5, 0.6) is 0 Å². The number of aryl methyl sites for hydroxylation is 1. The summed E-state index contributed by atoms with van der Waals surface area (Å²) in [7, 11) is 2.16. The van der Waals surface area contributed by atoms with Crippen LogP contribution >= 0.6 is 0 Å². The standard InChI is InChI=1S/C19H28FN5O/c1-11-3-4-14(20)13-9-15(22-17(11)13)19(26)24-16-10-21-18(23-16)12-5-7-25(2)8-6-12/h3-4,12,15-16,18,21-23H,5-10H2,1-2H3,(H,24,26). The Labute approximate surface area is 153 Å². The summed E-state index contributed by atoms with van der Waals surface area (Å²) in [5.74, 6) is 0.276. The number of carbonyl (C=O) groups excluding carboxylic acids is 1. The van der Waals surface area contributed by atoms with E-state index in [-0.39, 0.29) is 24.1 Å². The quantitative estimate of drug-likeness (QED) is 0.641. The summed E-state index contributed by atoms with van der Waals surface area (Å²) in [6, 6.07) is 2.81. The molecule has 3 atom stereocenters. The molecule has 0 radical (unpaired) electrons. The maximum Gasteiger partial charge on any atom is 0.244 e. The van der Waals surface area contributed by atoms with E-state index in [1.54, 1.807) is 6.07 Å². The lowest BCUT2D eigenvalue weighted by molar-refractivity contribution is -0.122. The predicted molar refractivity (Wildman–Crippen MR) is 99.3 cm³/mol. The van der Waals surface area contributed by atoms with E-state index in [1.165, 1.54) is 18.9 Å². The summed E-state index contributed by atoms with van der Waals surface area (Å²) in [4.78, 5) is 15.0. The summed E-state index contributed by atoms with van der Waals surface area (Å²) in [6.45, 7) is 4.89. The zero-order valence-electron chi connectivity index (χ0n) is 15.4. The van der Waals surface area contributed by atoms with Crippen LogP contribution in [-0.2, 0) is 11.2 Å². The number of piperidine rings is 1. The molecule has 0 aliphatic carbocycles. The number of rotatable bonds is 3. The number of anilines is 1. The molecule has 26 heavy (non-hydrogen) atoms. The maximum atomic E-state index is 14.0. The third-order valence-corrected chi connectivity index (χ3v) is 5.98. The average Bonchev–Trinajstić information content (AvgIpc) is 3.27. The molecule has 0 spiro atoms. The monoisotopic (exact) mass is 361 g/mol. The Hall–Kier alpha value is -1.70. The van der Waals surface area contributed by atoms with Gasteiger partial charge in [-0.3, -0.25) is 15.4 Å². The van der Waals surface area contributed by atoms with Gasteiger partial charge in [-0.15, -0.1) is 0 Å². The van der Waals surface area contributed by atoms with Gasteiger partial charge in [-0.2, -0.15) is 0 Å². The number of nitrogens with one attached hydrogen (secondary N) is 4. The van der Waals surface area contributed by atoms with Crippen molar-refractivity contribution in [2.24, 2.45) is 5.92 Å². The molecular weight excluding hydrogens is 333 g/mol. The van der Waals surface area contributed by atoms with Gasteiger partial charge in [0.25, 0.3) is 0 Å². The van der Waals surface area contributed by atoms with Gasteiger partial charge in [0, 0.05) is 24.2 Å². The molecule has 3 aliphatic heterocycles. The fourth-order valence-corrected chi connectivity index (χ4v) is 4.34. The van der Waals surface area contributed by atoms with Gasteiger partial charge in [0.1, 0.15) is 11.9 Å². The molecule has 6 nitrogen and oxygen atoms in total. The molecule has 3 unspecified atom stereocenters. The molecule has 3 heterocycles. The van der Waals surface area contributed by atoms with Crippen LogP contribution in [0.25, 0.3) is 0 Å². The second kappa shape index (κ2) is 7.13. The van der Waals surface area contributed by atoms with Crippen LogP contribution in [0.1, 0.15) is 24.0 Å². The minimum atomic E-state index is -0.412. The number of carbonyl (C=O) groups is 1. The van der Waals surface area contributed by atoms with Crippen LogP contribution in [0.2, 0.25) is 0 Å². The van der Waals surface area contributed by atoms with Crippen LogP contribution in [0, 0.1) is 18.7 Å². The van der Waals surface area contributed by atoms with Crippen molar-refractivity contribution in [1.82, 2.24) is 20.9 Å². The number of hydrogen-bond donors (Lipinski definition) is 4. The van der Waals surface area contributed by atoms with Crippen molar-refractivity contribution in [3.05, 3.63) is 29.1 Å². The molecule has 7 heteroatoms. The van der Waals surface area contributed by atoms with Crippen LogP contribution in [0.3, 0.4) is 0 Å². The molecule has 0 saturated carbocycles. The first-order valence-corrected chi connectivity index (χ1v) is 9.54. The molecule has 0 aromatic heterocycles. The Balaban J connectivity index is 1.31. The van der Waals surface area contributed by atoms with Crippen molar-refractivity contribution in [3.8, 4) is 0 Å². The van der Waals surface area contributed by atoms with Gasteiger partial charge in [-0.1, -0.05) is 6.07 Å². The smallest absolute Gasteiger partial charge is 0.244 e. The Kier molecular flexibility index (Phi) is 4.86. The highest BCUT2D eigenvalue weighted by Crippen LogP contribution is 2.31. The number of likely N-dealkylation sites (tertiary alicyclic amines) is 1. The van der Waals surface area contributed by atoms with Crippen molar-refractivity contribution in [1.29, 1.82) is 0 Å². The van der Waals surface area contributed by atoms with Gasteiger partial charge < -0.3 is 15.5 Å². The van der Waals surface area contributed by atoms with E-state index in [0.717, 1.165) is 30.9 Å². The van der Waals surface area contributed by atoms with Gasteiger partial charge in [0.15, 0.2) is 0 Å². The Morgan fingerprint density at radius 3 is 2.81 bits per heavy atom. The molecule has 2 fully saturated rings. The summed E-state index contributed by atoms with van der Waals surface area (Å²) in [5, 5.41) is 13.3. The van der Waals surface area contributed by atoms with Crippen molar-refractivity contribution in [2.75, 3.05) is 32.0 Å². The molecule has 2 saturated heterocycles. The minimum Gasteiger partial charge on any atom is -0.373 e. The predicted octanol–water partition coefficient (Wildman–Crippen LogP) is 0.774. The highest BCUT2D eigenvalue weighted by Gasteiger charge is 2.35. The number of halogens is 1. The lowest BCUT2D eigenvalue weighted by Gasteiger charge is -2.32. The third kappa shape index (κ3) is 3.43. The van der Waals surface area contributed by atoms with Crippen LogP contribution in [0.15, 0.2) is 12.1 Å². The summed E-state index contributed by atoms with van der Waals surface area (Å²) in [6.07, 6.45) is 2.90. The first-order chi connectivity index (χ1) is 12.5. The molecule has 4 rings (SSSR count). The van der Waals surface area contributed by atoms with Crippen molar-refractivity contribution in [3.63, 3.8) is 0 Å². The zero-order chi connectivity index (χ0) is 18.3. The molecule has 3 aliphatic rings. The van der Waals surface area contributed by atoms with Crippen molar-refractivity contribution >= 4 is 11.6 Å². The van der Waals surface area contributed by atoms with Gasteiger partial charge in [-0.25, -0.2) is 4.39 Å². The van der Waals surface area contributed by atoms with E-state index in [0.29, 0.717) is 17.9 Å². The molecule has 1 amide bonds. The second-order valence-electron chi connectivity index (χ2n) is 7.87. The lowest BCUT2D eigenvalue weighted by atomic mass is 9.94. The molecule has 0 bridgehead atoms. The van der Waals surface area contributed by atoms with E-state index in [9.17, 15) is 9.18 Å². The molecule has 4 N–H and O–H groups in total. The minimum absolute atomic E-state index is 0.0800. The second-order valence-corrected chi connectivity index (χ2v) is 7.87. The SMILES string of the molecule is Cc1ccc(F)c2c1NC(C(=O)NC1CNC(C3CCN(C)CC3)N1)C2. The van der Waals surface area contributed by atoms with Gasteiger partial charge in [0.05, 0.1) is 12.3 Å². The molecule has 142 valence electrons. The summed E-state index contributed by atoms with van der Waals surface area (Å²) < 4.78 is 14.0. The molecular formula is C19H28FN5O. The van der Waals surface area contributed by atoms with Crippen LogP contribution < -0.4 is 21.3 Å². The van der Waals surface area contributed by atoms with Gasteiger partial charge >= 0.3 is 0 Å². The Morgan fingerprint density at radius 1 is 1.31 bits per heavy atom. The van der Waals surface area contributed by atoms with E-state index in [1.807, 2.05) is 6.92 Å². The number of nitrogens with zero attached hydrogens (tertiary/aromatic N) is 1. The Bertz CT molecular complexity index is 658. The normalized spacial score (nSPS) is 29.4.